The molecule has 0 saturated carbocycles. The minimum absolute atomic E-state index is 0.0904. The maximum Gasteiger partial charge on any atom is 0.314 e. The standard InChI is InChI=1S/C18H22N4O5S/c1-26-13-4-2-12(3-5-13)22-16(14-10-28-11-15(14)21-22)20-18(25)17(24)19-6-8-27-9-7-23/h2-5,23H,6-11H2,1H3,(H,19,24)(H,20,25). The van der Waals surface area contributed by atoms with Crippen LogP contribution < -0.4 is 15.4 Å². The molecule has 1 aliphatic heterocycles. The monoisotopic (exact) mass is 406 g/mol. The van der Waals surface area contributed by atoms with E-state index in [-0.39, 0.29) is 26.4 Å². The van der Waals surface area contributed by atoms with Crippen LogP contribution in [0, 0.1) is 0 Å². The predicted molar refractivity (Wildman–Crippen MR) is 105 cm³/mol. The topological polar surface area (TPSA) is 115 Å². The second-order valence-corrected chi connectivity index (χ2v) is 6.91. The van der Waals surface area contributed by atoms with Crippen LogP contribution in [0.1, 0.15) is 11.3 Å². The van der Waals surface area contributed by atoms with Crippen molar-refractivity contribution < 1.29 is 24.2 Å². The Bertz CT molecular complexity index is 837. The molecule has 0 bridgehead atoms. The fraction of sp³-hybridized carbons (Fsp3) is 0.389. The number of nitrogens with one attached hydrogen (secondary N) is 2. The molecular weight excluding hydrogens is 384 g/mol. The van der Waals surface area contributed by atoms with Crippen LogP contribution in [-0.2, 0) is 25.8 Å². The summed E-state index contributed by atoms with van der Waals surface area (Å²) in [5, 5.41) is 18.4. The van der Waals surface area contributed by atoms with Crippen LogP contribution in [0.5, 0.6) is 5.75 Å². The summed E-state index contributed by atoms with van der Waals surface area (Å²) in [5.41, 5.74) is 2.58. The van der Waals surface area contributed by atoms with E-state index < -0.39 is 11.8 Å². The van der Waals surface area contributed by atoms with Gasteiger partial charge in [-0.1, -0.05) is 0 Å². The molecule has 28 heavy (non-hydrogen) atoms. The number of benzene rings is 1. The molecule has 0 spiro atoms. The second kappa shape index (κ2) is 9.58. The van der Waals surface area contributed by atoms with Crippen molar-refractivity contribution in [1.82, 2.24) is 15.1 Å². The molecule has 0 atom stereocenters. The Morgan fingerprint density at radius 2 is 2.00 bits per heavy atom. The molecule has 3 N–H and O–H groups in total. The SMILES string of the molecule is COc1ccc(-n2nc3c(c2NC(=O)C(=O)NCCOCCO)CSC3)cc1. The molecule has 0 unspecified atom stereocenters. The maximum atomic E-state index is 12.3. The average molecular weight is 406 g/mol. The number of ether oxygens (including phenoxy) is 2. The number of hydrogen-bond acceptors (Lipinski definition) is 7. The fourth-order valence-electron chi connectivity index (χ4n) is 2.70. The zero-order valence-electron chi connectivity index (χ0n) is 15.4. The van der Waals surface area contributed by atoms with Crippen molar-refractivity contribution in [3.8, 4) is 11.4 Å². The van der Waals surface area contributed by atoms with E-state index in [4.69, 9.17) is 14.6 Å². The van der Waals surface area contributed by atoms with Crippen molar-refractivity contribution in [2.24, 2.45) is 0 Å². The van der Waals surface area contributed by atoms with E-state index in [1.165, 1.54) is 0 Å². The van der Waals surface area contributed by atoms with Crippen LogP contribution in [0.2, 0.25) is 0 Å². The predicted octanol–water partition coefficient (Wildman–Crippen LogP) is 0.691. The van der Waals surface area contributed by atoms with Gasteiger partial charge in [0.15, 0.2) is 0 Å². The lowest BCUT2D eigenvalue weighted by Crippen LogP contribution is -2.37. The number of aliphatic hydroxyl groups excluding tert-OH is 1. The van der Waals surface area contributed by atoms with Crippen LogP contribution >= 0.6 is 11.8 Å². The van der Waals surface area contributed by atoms with Crippen molar-refractivity contribution in [2.45, 2.75) is 11.5 Å². The van der Waals surface area contributed by atoms with Crippen molar-refractivity contribution >= 4 is 29.4 Å². The summed E-state index contributed by atoms with van der Waals surface area (Å²) in [4.78, 5) is 24.4. The molecule has 150 valence electrons. The third kappa shape index (κ3) is 4.64. The molecule has 3 rings (SSSR count). The van der Waals surface area contributed by atoms with Gasteiger partial charge in [0.25, 0.3) is 0 Å². The zero-order chi connectivity index (χ0) is 19.9. The van der Waals surface area contributed by atoms with Crippen molar-refractivity contribution in [1.29, 1.82) is 0 Å². The van der Waals surface area contributed by atoms with Gasteiger partial charge in [0.05, 0.1) is 38.3 Å². The van der Waals surface area contributed by atoms with Crippen LogP contribution in [0.15, 0.2) is 24.3 Å². The number of aromatic nitrogens is 2. The molecule has 9 nitrogen and oxygen atoms in total. The van der Waals surface area contributed by atoms with E-state index in [1.807, 2.05) is 24.3 Å². The fourth-order valence-corrected chi connectivity index (χ4v) is 3.73. The molecule has 1 aromatic carbocycles. The Hall–Kier alpha value is -2.56. The van der Waals surface area contributed by atoms with Gasteiger partial charge in [-0.3, -0.25) is 9.59 Å². The van der Waals surface area contributed by atoms with E-state index in [1.54, 1.807) is 23.6 Å². The summed E-state index contributed by atoms with van der Waals surface area (Å²) in [6.45, 7) is 0.493. The smallest absolute Gasteiger partial charge is 0.314 e. The summed E-state index contributed by atoms with van der Waals surface area (Å²) in [5.74, 6) is 1.17. The molecule has 1 aromatic heterocycles. The minimum atomic E-state index is -0.767. The Morgan fingerprint density at radius 3 is 2.71 bits per heavy atom. The highest BCUT2D eigenvalue weighted by molar-refractivity contribution is 7.98. The van der Waals surface area contributed by atoms with Crippen molar-refractivity contribution in [3.63, 3.8) is 0 Å². The van der Waals surface area contributed by atoms with Gasteiger partial charge in [-0.15, -0.1) is 0 Å². The Labute approximate surface area is 166 Å². The highest BCUT2D eigenvalue weighted by Gasteiger charge is 2.26. The lowest BCUT2D eigenvalue weighted by molar-refractivity contribution is -0.136. The highest BCUT2D eigenvalue weighted by atomic mass is 32.2. The number of amides is 2. The third-order valence-electron chi connectivity index (χ3n) is 4.07. The van der Waals surface area contributed by atoms with Gasteiger partial charge in [-0.2, -0.15) is 16.9 Å². The Balaban J connectivity index is 1.72. The van der Waals surface area contributed by atoms with E-state index in [0.29, 0.717) is 11.6 Å². The number of carbonyl (C=O) groups is 2. The molecule has 1 aliphatic rings. The van der Waals surface area contributed by atoms with E-state index >= 15 is 0 Å². The number of anilines is 1. The van der Waals surface area contributed by atoms with Gasteiger partial charge in [0.2, 0.25) is 0 Å². The number of hydrogen-bond donors (Lipinski definition) is 3. The van der Waals surface area contributed by atoms with E-state index in [9.17, 15) is 9.59 Å². The first kappa shape index (κ1) is 20.2. The Morgan fingerprint density at radius 1 is 1.21 bits per heavy atom. The lowest BCUT2D eigenvalue weighted by atomic mass is 10.2. The molecule has 0 saturated heterocycles. The third-order valence-corrected chi connectivity index (χ3v) is 5.04. The number of fused-ring (bicyclic) bond motifs is 1. The van der Waals surface area contributed by atoms with Crippen LogP contribution in [-0.4, -0.2) is 60.2 Å². The number of nitrogens with zero attached hydrogens (tertiary/aromatic N) is 2. The molecule has 0 aliphatic carbocycles. The summed E-state index contributed by atoms with van der Waals surface area (Å²) in [7, 11) is 1.59. The molecule has 0 radical (unpaired) electrons. The van der Waals surface area contributed by atoms with Crippen LogP contribution in [0.25, 0.3) is 5.69 Å². The minimum Gasteiger partial charge on any atom is -0.497 e. The van der Waals surface area contributed by atoms with Gasteiger partial charge in [-0.25, -0.2) is 4.68 Å². The first-order valence-electron chi connectivity index (χ1n) is 8.74. The second-order valence-electron chi connectivity index (χ2n) is 5.92. The van der Waals surface area contributed by atoms with E-state index in [0.717, 1.165) is 28.5 Å². The van der Waals surface area contributed by atoms with E-state index in [2.05, 4.69) is 15.7 Å². The number of carbonyl (C=O) groups excluding carboxylic acids is 2. The van der Waals surface area contributed by atoms with Gasteiger partial charge in [0, 0.05) is 23.6 Å². The zero-order valence-corrected chi connectivity index (χ0v) is 16.3. The number of thioether (sulfide) groups is 1. The van der Waals surface area contributed by atoms with Gasteiger partial charge in [-0.05, 0) is 24.3 Å². The summed E-state index contributed by atoms with van der Waals surface area (Å²) in [6, 6.07) is 7.29. The van der Waals surface area contributed by atoms with Gasteiger partial charge < -0.3 is 25.2 Å². The molecule has 2 aromatic rings. The molecule has 2 heterocycles. The largest absolute Gasteiger partial charge is 0.497 e. The van der Waals surface area contributed by atoms with Gasteiger partial charge in [0.1, 0.15) is 11.6 Å². The summed E-state index contributed by atoms with van der Waals surface area (Å²) < 4.78 is 11.9. The quantitative estimate of drug-likeness (QED) is 0.436. The first-order chi connectivity index (χ1) is 13.6. The maximum absolute atomic E-state index is 12.3. The number of rotatable bonds is 8. The van der Waals surface area contributed by atoms with Crippen LogP contribution in [0.4, 0.5) is 5.82 Å². The van der Waals surface area contributed by atoms with Gasteiger partial charge >= 0.3 is 11.8 Å². The Kier molecular flexibility index (Phi) is 6.90. The normalized spacial score (nSPS) is 12.5. The number of methoxy groups -OCH3 is 1. The molecule has 2 amide bonds. The molecule has 0 fully saturated rings. The summed E-state index contributed by atoms with van der Waals surface area (Å²) in [6.07, 6.45) is 0. The first-order valence-corrected chi connectivity index (χ1v) is 9.90. The number of aliphatic hydroxyl groups is 1. The van der Waals surface area contributed by atoms with Crippen LogP contribution in [0.3, 0.4) is 0 Å². The lowest BCUT2D eigenvalue weighted by Gasteiger charge is -2.11. The summed E-state index contributed by atoms with van der Waals surface area (Å²) >= 11 is 1.71. The van der Waals surface area contributed by atoms with Crippen molar-refractivity contribution in [3.05, 3.63) is 35.5 Å². The molecule has 10 heteroatoms. The highest BCUT2D eigenvalue weighted by Crippen LogP contribution is 2.36. The molecular formula is C18H22N4O5S. The average Bonchev–Trinajstić information content (AvgIpc) is 3.30. The van der Waals surface area contributed by atoms with Crippen molar-refractivity contribution in [2.75, 3.05) is 38.8 Å².